The molecule has 1 aromatic carbocycles. The summed E-state index contributed by atoms with van der Waals surface area (Å²) < 4.78 is 15.7. The summed E-state index contributed by atoms with van der Waals surface area (Å²) in [6.45, 7) is 1.94. The molecule has 0 aromatic heterocycles. The van der Waals surface area contributed by atoms with Gasteiger partial charge in [0, 0.05) is 13.2 Å². The fraction of sp³-hybridized carbons (Fsp3) is 0.500. The molecule has 0 amide bonds. The Morgan fingerprint density at radius 1 is 1.06 bits per heavy atom. The monoisotopic (exact) mass is 240 g/mol. The van der Waals surface area contributed by atoms with Crippen molar-refractivity contribution in [3.63, 3.8) is 0 Å². The molecule has 0 spiro atoms. The molecule has 0 aliphatic rings. The first kappa shape index (κ1) is 13.8. The van der Waals surface area contributed by atoms with E-state index >= 15 is 0 Å². The molecule has 1 rings (SSSR count). The third-order valence-corrected chi connectivity index (χ3v) is 2.75. The number of rotatable bonds is 6. The topological polar surface area (TPSA) is 65.7 Å². The maximum absolute atomic E-state index is 5.55. The van der Waals surface area contributed by atoms with E-state index in [1.807, 2.05) is 25.1 Å². The van der Waals surface area contributed by atoms with Crippen LogP contribution in [0.5, 0.6) is 11.5 Å². The van der Waals surface area contributed by atoms with Crippen molar-refractivity contribution in [3.8, 4) is 11.5 Å². The number of nitrogens with two attached hydrogens (primary N) is 1. The summed E-state index contributed by atoms with van der Waals surface area (Å²) in [6, 6.07) is 5.50. The van der Waals surface area contributed by atoms with E-state index in [1.54, 1.807) is 21.3 Å². The first-order chi connectivity index (χ1) is 8.15. The zero-order valence-electron chi connectivity index (χ0n) is 10.7. The lowest BCUT2D eigenvalue weighted by molar-refractivity contribution is 0.0829. The highest BCUT2D eigenvalue weighted by Gasteiger charge is 2.19. The second-order valence-electron chi connectivity index (χ2n) is 3.73. The lowest BCUT2D eigenvalue weighted by Crippen LogP contribution is -2.36. The van der Waals surface area contributed by atoms with Gasteiger partial charge < -0.3 is 14.2 Å². The van der Waals surface area contributed by atoms with Crippen LogP contribution >= 0.6 is 0 Å². The Hall–Kier alpha value is -1.30. The summed E-state index contributed by atoms with van der Waals surface area (Å²) in [5.74, 6) is 7.00. The van der Waals surface area contributed by atoms with Crippen LogP contribution in [0.15, 0.2) is 18.2 Å². The fourth-order valence-corrected chi connectivity index (χ4v) is 1.65. The van der Waals surface area contributed by atoms with Gasteiger partial charge in [0.2, 0.25) is 0 Å². The van der Waals surface area contributed by atoms with Gasteiger partial charge in [-0.15, -0.1) is 0 Å². The highest BCUT2D eigenvalue weighted by Crippen LogP contribution is 2.28. The summed E-state index contributed by atoms with van der Waals surface area (Å²) in [4.78, 5) is 0. The molecular formula is C12H20N2O3. The van der Waals surface area contributed by atoms with Crippen molar-refractivity contribution in [1.82, 2.24) is 5.43 Å². The number of hydrogen-bond acceptors (Lipinski definition) is 5. The molecule has 17 heavy (non-hydrogen) atoms. The molecule has 0 heterocycles. The summed E-state index contributed by atoms with van der Waals surface area (Å²) >= 11 is 0. The molecule has 2 unspecified atom stereocenters. The van der Waals surface area contributed by atoms with Gasteiger partial charge in [0.05, 0.1) is 26.4 Å². The van der Waals surface area contributed by atoms with E-state index in [9.17, 15) is 0 Å². The Morgan fingerprint density at radius 2 is 1.59 bits per heavy atom. The number of hydrogen-bond donors (Lipinski definition) is 2. The molecule has 5 heteroatoms. The Morgan fingerprint density at radius 3 is 1.94 bits per heavy atom. The first-order valence-electron chi connectivity index (χ1n) is 5.38. The van der Waals surface area contributed by atoms with E-state index in [1.165, 1.54) is 0 Å². The normalized spacial score (nSPS) is 14.2. The fourth-order valence-electron chi connectivity index (χ4n) is 1.65. The minimum Gasteiger partial charge on any atom is -0.497 e. The van der Waals surface area contributed by atoms with Gasteiger partial charge in [0.25, 0.3) is 0 Å². The summed E-state index contributed by atoms with van der Waals surface area (Å²) in [5.41, 5.74) is 3.69. The van der Waals surface area contributed by atoms with Gasteiger partial charge in [-0.2, -0.15) is 0 Å². The molecule has 0 bridgehead atoms. The van der Waals surface area contributed by atoms with Gasteiger partial charge >= 0.3 is 0 Å². The second-order valence-corrected chi connectivity index (χ2v) is 3.73. The van der Waals surface area contributed by atoms with Crippen molar-refractivity contribution in [2.24, 2.45) is 5.84 Å². The molecule has 5 nitrogen and oxygen atoms in total. The van der Waals surface area contributed by atoms with Crippen molar-refractivity contribution in [2.75, 3.05) is 21.3 Å². The lowest BCUT2D eigenvalue weighted by Gasteiger charge is -2.23. The zero-order chi connectivity index (χ0) is 12.8. The van der Waals surface area contributed by atoms with E-state index in [2.05, 4.69) is 5.43 Å². The van der Waals surface area contributed by atoms with Gasteiger partial charge in [0.1, 0.15) is 11.5 Å². The quantitative estimate of drug-likeness (QED) is 0.578. The van der Waals surface area contributed by atoms with Gasteiger partial charge in [0.15, 0.2) is 0 Å². The SMILES string of the molecule is COc1cc(OC)cc(C(NN)C(C)OC)c1. The van der Waals surface area contributed by atoms with Crippen molar-refractivity contribution in [2.45, 2.75) is 19.1 Å². The van der Waals surface area contributed by atoms with Gasteiger partial charge in [-0.3, -0.25) is 11.3 Å². The highest BCUT2D eigenvalue weighted by molar-refractivity contribution is 5.40. The van der Waals surface area contributed by atoms with Gasteiger partial charge in [-0.1, -0.05) is 0 Å². The van der Waals surface area contributed by atoms with Crippen LogP contribution < -0.4 is 20.7 Å². The van der Waals surface area contributed by atoms with E-state index < -0.39 is 0 Å². The van der Waals surface area contributed by atoms with Crippen LogP contribution in [0, 0.1) is 0 Å². The van der Waals surface area contributed by atoms with Crippen LogP contribution in [0.1, 0.15) is 18.5 Å². The predicted octanol–water partition coefficient (Wildman–Crippen LogP) is 1.24. The summed E-state index contributed by atoms with van der Waals surface area (Å²) in [6.07, 6.45) is -0.0585. The van der Waals surface area contributed by atoms with E-state index in [0.29, 0.717) is 0 Å². The van der Waals surface area contributed by atoms with E-state index in [-0.39, 0.29) is 12.1 Å². The average molecular weight is 240 g/mol. The zero-order valence-corrected chi connectivity index (χ0v) is 10.7. The van der Waals surface area contributed by atoms with Crippen LogP contribution in [0.25, 0.3) is 0 Å². The molecule has 0 radical (unpaired) electrons. The molecule has 96 valence electrons. The molecule has 0 aliphatic heterocycles. The van der Waals surface area contributed by atoms with E-state index in [4.69, 9.17) is 20.1 Å². The third-order valence-electron chi connectivity index (χ3n) is 2.75. The largest absolute Gasteiger partial charge is 0.497 e. The molecule has 1 aromatic rings. The number of nitrogens with one attached hydrogen (secondary N) is 1. The lowest BCUT2D eigenvalue weighted by atomic mass is 10.0. The minimum absolute atomic E-state index is 0.0585. The maximum atomic E-state index is 5.55. The Balaban J connectivity index is 3.09. The van der Waals surface area contributed by atoms with Crippen LogP contribution in [0.3, 0.4) is 0 Å². The van der Waals surface area contributed by atoms with Crippen molar-refractivity contribution in [3.05, 3.63) is 23.8 Å². The van der Waals surface area contributed by atoms with Crippen LogP contribution in [-0.2, 0) is 4.74 Å². The van der Waals surface area contributed by atoms with Crippen LogP contribution in [-0.4, -0.2) is 27.4 Å². The van der Waals surface area contributed by atoms with Crippen molar-refractivity contribution >= 4 is 0 Å². The van der Waals surface area contributed by atoms with Gasteiger partial charge in [-0.25, -0.2) is 0 Å². The average Bonchev–Trinajstić information content (AvgIpc) is 2.38. The Bertz CT molecular complexity index is 335. The number of benzene rings is 1. The number of methoxy groups -OCH3 is 3. The predicted molar refractivity (Wildman–Crippen MR) is 66.1 cm³/mol. The molecular weight excluding hydrogens is 220 g/mol. The number of hydrazine groups is 1. The highest BCUT2D eigenvalue weighted by atomic mass is 16.5. The van der Waals surface area contributed by atoms with Crippen LogP contribution in [0.2, 0.25) is 0 Å². The van der Waals surface area contributed by atoms with Crippen LogP contribution in [0.4, 0.5) is 0 Å². The molecule has 0 saturated heterocycles. The molecule has 0 fully saturated rings. The molecule has 2 atom stereocenters. The van der Waals surface area contributed by atoms with E-state index in [0.717, 1.165) is 17.1 Å². The van der Waals surface area contributed by atoms with Crippen molar-refractivity contribution < 1.29 is 14.2 Å². The molecule has 0 aliphatic carbocycles. The maximum Gasteiger partial charge on any atom is 0.122 e. The standard InChI is InChI=1S/C12H20N2O3/c1-8(15-2)12(14-13)9-5-10(16-3)7-11(6-9)17-4/h5-8,12,14H,13H2,1-4H3. The Labute approximate surface area is 102 Å². The third kappa shape index (κ3) is 3.33. The smallest absolute Gasteiger partial charge is 0.122 e. The number of ether oxygens (including phenoxy) is 3. The van der Waals surface area contributed by atoms with Crippen molar-refractivity contribution in [1.29, 1.82) is 0 Å². The second kappa shape index (κ2) is 6.44. The minimum atomic E-state index is -0.121. The Kier molecular flexibility index (Phi) is 5.21. The molecule has 3 N–H and O–H groups in total. The first-order valence-corrected chi connectivity index (χ1v) is 5.38. The summed E-state index contributed by atoms with van der Waals surface area (Å²) in [7, 11) is 4.87. The van der Waals surface area contributed by atoms with Gasteiger partial charge in [-0.05, 0) is 24.6 Å². The molecule has 0 saturated carbocycles. The summed E-state index contributed by atoms with van der Waals surface area (Å²) in [5, 5.41) is 0.